The first-order valence-corrected chi connectivity index (χ1v) is 3.23. The molecule has 0 saturated carbocycles. The van der Waals surface area contributed by atoms with Gasteiger partial charge in [-0.2, -0.15) is 0 Å². The van der Waals surface area contributed by atoms with Crippen LogP contribution in [0.5, 0.6) is 0 Å². The van der Waals surface area contributed by atoms with Gasteiger partial charge in [-0.25, -0.2) is 0 Å². The molecule has 0 fully saturated rings. The number of aliphatic hydroxyl groups excluding tert-OH is 1. The Hall–Kier alpha value is -1.57. The fraction of sp³-hybridized carbons (Fsp3) is 0. The molecule has 1 N–H and O–H groups in total. The smallest absolute Gasteiger partial charge is 0.150 e. The van der Waals surface area contributed by atoms with Gasteiger partial charge in [-0.15, -0.1) is 0 Å². The van der Waals surface area contributed by atoms with Gasteiger partial charge in [0.15, 0.2) is 6.29 Å². The summed E-state index contributed by atoms with van der Waals surface area (Å²) < 4.78 is 0. The minimum Gasteiger partial charge on any atom is -0.516 e. The van der Waals surface area contributed by atoms with Crippen molar-refractivity contribution in [2.45, 2.75) is 0 Å². The van der Waals surface area contributed by atoms with Gasteiger partial charge in [0.05, 0.1) is 6.26 Å². The van der Waals surface area contributed by atoms with Gasteiger partial charge in [-0.3, -0.25) is 4.79 Å². The lowest BCUT2D eigenvalue weighted by Crippen LogP contribution is -1.83. The molecule has 1 aromatic carbocycles. The number of carbonyl (C=O) groups is 1. The summed E-state index contributed by atoms with van der Waals surface area (Å²) in [4.78, 5) is 10.4. The predicted molar refractivity (Wildman–Crippen MR) is 43.5 cm³/mol. The summed E-state index contributed by atoms with van der Waals surface area (Å²) in [5.41, 5.74) is 1.31. The Morgan fingerprint density at radius 2 is 1.82 bits per heavy atom. The second kappa shape index (κ2) is 3.56. The average Bonchev–Trinajstić information content (AvgIpc) is 2.06. The van der Waals surface area contributed by atoms with Gasteiger partial charge in [-0.1, -0.05) is 24.3 Å². The van der Waals surface area contributed by atoms with Crippen molar-refractivity contribution in [2.24, 2.45) is 0 Å². The van der Waals surface area contributed by atoms with Gasteiger partial charge in [0.25, 0.3) is 0 Å². The average molecular weight is 148 g/mol. The van der Waals surface area contributed by atoms with E-state index < -0.39 is 0 Å². The largest absolute Gasteiger partial charge is 0.516 e. The van der Waals surface area contributed by atoms with Crippen LogP contribution in [-0.2, 0) is 0 Å². The van der Waals surface area contributed by atoms with Crippen LogP contribution in [0.25, 0.3) is 6.08 Å². The molecule has 2 heteroatoms. The molecular formula is C9H8O2. The van der Waals surface area contributed by atoms with Gasteiger partial charge in [0.1, 0.15) is 0 Å². The van der Waals surface area contributed by atoms with Gasteiger partial charge >= 0.3 is 0 Å². The Bertz CT molecular complexity index is 277. The minimum atomic E-state index is 0.581. The number of rotatable bonds is 2. The maximum Gasteiger partial charge on any atom is 0.150 e. The first-order chi connectivity index (χ1) is 5.38. The quantitative estimate of drug-likeness (QED) is 0.514. The van der Waals surface area contributed by atoms with Crippen LogP contribution in [0, 0.1) is 0 Å². The molecule has 0 spiro atoms. The second-order valence-electron chi connectivity index (χ2n) is 2.06. The molecular weight excluding hydrogens is 140 g/mol. The van der Waals surface area contributed by atoms with Crippen molar-refractivity contribution in [3.63, 3.8) is 0 Å². The molecule has 0 unspecified atom stereocenters. The third kappa shape index (κ3) is 1.67. The molecule has 1 aromatic rings. The Morgan fingerprint density at radius 1 is 1.18 bits per heavy atom. The molecule has 0 aromatic heterocycles. The van der Waals surface area contributed by atoms with Gasteiger partial charge in [0.2, 0.25) is 0 Å². The third-order valence-electron chi connectivity index (χ3n) is 1.38. The Kier molecular flexibility index (Phi) is 2.44. The van der Waals surface area contributed by atoms with E-state index in [1.165, 1.54) is 6.08 Å². The van der Waals surface area contributed by atoms with Crippen molar-refractivity contribution in [1.82, 2.24) is 0 Å². The number of carbonyl (C=O) groups excluding carboxylic acids is 1. The van der Waals surface area contributed by atoms with Crippen molar-refractivity contribution in [1.29, 1.82) is 0 Å². The van der Waals surface area contributed by atoms with Crippen LogP contribution < -0.4 is 0 Å². The highest BCUT2D eigenvalue weighted by Gasteiger charge is 1.93. The highest BCUT2D eigenvalue weighted by molar-refractivity contribution is 5.81. The number of benzene rings is 1. The lowest BCUT2D eigenvalue weighted by Gasteiger charge is -1.94. The van der Waals surface area contributed by atoms with Crippen LogP contribution in [0.1, 0.15) is 15.9 Å². The third-order valence-corrected chi connectivity index (χ3v) is 1.38. The second-order valence-corrected chi connectivity index (χ2v) is 2.06. The maximum absolute atomic E-state index is 10.4. The van der Waals surface area contributed by atoms with Crippen LogP contribution >= 0.6 is 0 Å². The minimum absolute atomic E-state index is 0.581. The molecule has 0 atom stereocenters. The molecule has 0 bridgehead atoms. The molecule has 2 nitrogen and oxygen atoms in total. The van der Waals surface area contributed by atoms with Gasteiger partial charge in [-0.05, 0) is 11.6 Å². The van der Waals surface area contributed by atoms with Crippen molar-refractivity contribution < 1.29 is 9.90 Å². The standard InChI is InChI=1S/C9H8O2/c10-6-5-8-3-1-2-4-9(8)7-11/h1-7,10H/b6-5-. The number of aliphatic hydroxyl groups is 1. The fourth-order valence-electron chi connectivity index (χ4n) is 0.850. The molecule has 0 saturated heterocycles. The van der Waals surface area contributed by atoms with Gasteiger partial charge < -0.3 is 5.11 Å². The van der Waals surface area contributed by atoms with Gasteiger partial charge in [0, 0.05) is 5.56 Å². The molecule has 0 radical (unpaired) electrons. The van der Waals surface area contributed by atoms with E-state index in [2.05, 4.69) is 0 Å². The van der Waals surface area contributed by atoms with Crippen LogP contribution in [0.4, 0.5) is 0 Å². The normalized spacial score (nSPS) is 10.2. The summed E-state index contributed by atoms with van der Waals surface area (Å²) in [6.07, 6.45) is 3.15. The molecule has 1 rings (SSSR count). The van der Waals surface area contributed by atoms with E-state index in [9.17, 15) is 4.79 Å². The Morgan fingerprint density at radius 3 is 2.36 bits per heavy atom. The van der Waals surface area contributed by atoms with E-state index in [1.807, 2.05) is 6.07 Å². The zero-order chi connectivity index (χ0) is 8.10. The molecule has 56 valence electrons. The summed E-state index contributed by atoms with van der Waals surface area (Å²) in [7, 11) is 0. The van der Waals surface area contributed by atoms with Crippen molar-refractivity contribution in [2.75, 3.05) is 0 Å². The molecule has 0 heterocycles. The zero-order valence-corrected chi connectivity index (χ0v) is 5.90. The Labute approximate surface area is 64.8 Å². The van der Waals surface area contributed by atoms with Crippen LogP contribution in [0.15, 0.2) is 30.5 Å². The molecule has 0 aliphatic heterocycles. The summed E-state index contributed by atoms with van der Waals surface area (Å²) >= 11 is 0. The molecule has 0 aliphatic rings. The number of aldehydes is 1. The van der Waals surface area contributed by atoms with E-state index in [0.29, 0.717) is 5.56 Å². The van der Waals surface area contributed by atoms with Crippen molar-refractivity contribution in [3.8, 4) is 0 Å². The Balaban J connectivity index is 3.11. The predicted octanol–water partition coefficient (Wildman–Crippen LogP) is 2.03. The van der Waals surface area contributed by atoms with Crippen molar-refractivity contribution >= 4 is 12.4 Å². The van der Waals surface area contributed by atoms with E-state index in [0.717, 1.165) is 18.1 Å². The SMILES string of the molecule is O=Cc1ccccc1/C=C\O. The van der Waals surface area contributed by atoms with E-state index in [-0.39, 0.29) is 0 Å². The first-order valence-electron chi connectivity index (χ1n) is 3.23. The summed E-state index contributed by atoms with van der Waals surface area (Å²) in [5, 5.41) is 8.44. The molecule has 11 heavy (non-hydrogen) atoms. The van der Waals surface area contributed by atoms with Crippen molar-refractivity contribution in [3.05, 3.63) is 41.7 Å². The topological polar surface area (TPSA) is 37.3 Å². The summed E-state index contributed by atoms with van der Waals surface area (Å²) in [5.74, 6) is 0. The zero-order valence-electron chi connectivity index (χ0n) is 5.90. The van der Waals surface area contributed by atoms with Crippen LogP contribution in [0.3, 0.4) is 0 Å². The summed E-state index contributed by atoms with van der Waals surface area (Å²) in [6.45, 7) is 0. The number of hydrogen-bond acceptors (Lipinski definition) is 2. The lowest BCUT2D eigenvalue weighted by atomic mass is 10.1. The van der Waals surface area contributed by atoms with E-state index >= 15 is 0 Å². The van der Waals surface area contributed by atoms with E-state index in [1.54, 1.807) is 18.2 Å². The first kappa shape index (κ1) is 7.54. The monoisotopic (exact) mass is 148 g/mol. The van der Waals surface area contributed by atoms with Crippen LogP contribution in [-0.4, -0.2) is 11.4 Å². The summed E-state index contributed by atoms with van der Waals surface area (Å²) in [6, 6.07) is 7.04. The van der Waals surface area contributed by atoms with Crippen LogP contribution in [0.2, 0.25) is 0 Å². The molecule has 0 aliphatic carbocycles. The highest BCUT2D eigenvalue weighted by Crippen LogP contribution is 2.07. The fourth-order valence-corrected chi connectivity index (χ4v) is 0.850. The number of hydrogen-bond donors (Lipinski definition) is 1. The van der Waals surface area contributed by atoms with E-state index in [4.69, 9.17) is 5.11 Å². The molecule has 0 amide bonds. The lowest BCUT2D eigenvalue weighted by molar-refractivity contribution is 0.112. The maximum atomic E-state index is 10.4. The highest BCUT2D eigenvalue weighted by atomic mass is 16.2.